The van der Waals surface area contributed by atoms with E-state index in [0.29, 0.717) is 13.0 Å². The van der Waals surface area contributed by atoms with E-state index in [0.717, 1.165) is 12.2 Å². The van der Waals surface area contributed by atoms with Gasteiger partial charge >= 0.3 is 5.97 Å². The van der Waals surface area contributed by atoms with Gasteiger partial charge in [-0.1, -0.05) is 25.1 Å². The number of fused-ring (bicyclic) bond motifs is 1. The molecule has 1 heterocycles. The van der Waals surface area contributed by atoms with Gasteiger partial charge in [-0.3, -0.25) is 9.59 Å². The molecule has 1 amide bonds. The van der Waals surface area contributed by atoms with Crippen LogP contribution < -0.4 is 10.6 Å². The van der Waals surface area contributed by atoms with Gasteiger partial charge in [-0.25, -0.2) is 0 Å². The summed E-state index contributed by atoms with van der Waals surface area (Å²) in [5.74, 6) is -0.710. The van der Waals surface area contributed by atoms with Crippen molar-refractivity contribution >= 4 is 17.6 Å². The van der Waals surface area contributed by atoms with Gasteiger partial charge in [0, 0.05) is 37.5 Å². The predicted molar refractivity (Wildman–Crippen MR) is 76.7 cm³/mol. The lowest BCUT2D eigenvalue weighted by Gasteiger charge is -2.13. The van der Waals surface area contributed by atoms with Crippen molar-refractivity contribution in [2.75, 3.05) is 18.4 Å². The zero-order valence-corrected chi connectivity index (χ0v) is 11.6. The molecule has 1 aromatic carbocycles. The molecular weight excluding hydrogens is 256 g/mol. The first kappa shape index (κ1) is 14.4. The summed E-state index contributed by atoms with van der Waals surface area (Å²) < 4.78 is 0. The second-order valence-corrected chi connectivity index (χ2v) is 5.38. The van der Waals surface area contributed by atoms with E-state index in [9.17, 15) is 9.59 Å². The number of hydrogen-bond acceptors (Lipinski definition) is 3. The van der Waals surface area contributed by atoms with E-state index in [1.165, 1.54) is 5.56 Å². The van der Waals surface area contributed by atoms with E-state index in [4.69, 9.17) is 5.11 Å². The van der Waals surface area contributed by atoms with Crippen LogP contribution in [0.5, 0.6) is 0 Å². The Morgan fingerprint density at radius 1 is 1.45 bits per heavy atom. The highest BCUT2D eigenvalue weighted by Crippen LogP contribution is 2.32. The quantitative estimate of drug-likeness (QED) is 0.740. The minimum absolute atomic E-state index is 0.0225. The van der Waals surface area contributed by atoms with E-state index in [2.05, 4.69) is 10.6 Å². The van der Waals surface area contributed by atoms with Gasteiger partial charge in [0.15, 0.2) is 0 Å². The maximum atomic E-state index is 11.9. The molecule has 3 N–H and O–H groups in total. The Bertz CT molecular complexity index is 502. The van der Waals surface area contributed by atoms with Gasteiger partial charge < -0.3 is 15.7 Å². The Balaban J connectivity index is 1.80. The van der Waals surface area contributed by atoms with E-state index in [1.807, 2.05) is 31.2 Å². The molecule has 0 aromatic heterocycles. The molecule has 0 aliphatic carbocycles. The number of carbonyl (C=O) groups is 2. The van der Waals surface area contributed by atoms with Gasteiger partial charge in [0.05, 0.1) is 0 Å². The summed E-state index contributed by atoms with van der Waals surface area (Å²) in [6, 6.07) is 8.01. The van der Waals surface area contributed by atoms with E-state index < -0.39 is 5.97 Å². The molecule has 1 aliphatic heterocycles. The summed E-state index contributed by atoms with van der Waals surface area (Å²) in [5.41, 5.74) is 2.28. The number of anilines is 1. The summed E-state index contributed by atoms with van der Waals surface area (Å²) in [6.45, 7) is 3.01. The van der Waals surface area contributed by atoms with Crippen LogP contribution in [-0.2, 0) is 9.59 Å². The highest BCUT2D eigenvalue weighted by atomic mass is 16.4. The number of nitrogens with one attached hydrogen (secondary N) is 2. The second-order valence-electron chi connectivity index (χ2n) is 5.38. The topological polar surface area (TPSA) is 78.4 Å². The Morgan fingerprint density at radius 3 is 2.95 bits per heavy atom. The maximum absolute atomic E-state index is 11.9. The fourth-order valence-electron chi connectivity index (χ4n) is 2.49. The number of carbonyl (C=O) groups excluding carboxylic acids is 1. The molecule has 0 radical (unpaired) electrons. The summed E-state index contributed by atoms with van der Waals surface area (Å²) in [6.07, 6.45) is 0.512. The number of aliphatic carboxylic acids is 1. The van der Waals surface area contributed by atoms with Crippen molar-refractivity contribution in [3.8, 4) is 0 Å². The standard InChI is InChI=1S/C15H20N2O3/c1-10(6-15(19)20)8-17-14(18)7-11-9-16-13-5-3-2-4-12(11)13/h2-5,10-11,16H,6-9H2,1H3,(H,17,18)(H,19,20). The average Bonchev–Trinajstić information content (AvgIpc) is 2.79. The molecule has 0 spiro atoms. The van der Waals surface area contributed by atoms with Crippen molar-refractivity contribution < 1.29 is 14.7 Å². The van der Waals surface area contributed by atoms with Gasteiger partial charge in [0.25, 0.3) is 0 Å². The van der Waals surface area contributed by atoms with Gasteiger partial charge in [-0.2, -0.15) is 0 Å². The zero-order valence-electron chi connectivity index (χ0n) is 11.6. The lowest BCUT2D eigenvalue weighted by molar-refractivity contribution is -0.138. The molecule has 2 rings (SSSR count). The number of carboxylic acids is 1. The van der Waals surface area contributed by atoms with Crippen LogP contribution in [0.3, 0.4) is 0 Å². The molecule has 5 heteroatoms. The number of carboxylic acid groups (broad SMARTS) is 1. The second kappa shape index (κ2) is 6.41. The number of rotatable bonds is 6. The van der Waals surface area contributed by atoms with Crippen LogP contribution >= 0.6 is 0 Å². The molecule has 2 unspecified atom stereocenters. The largest absolute Gasteiger partial charge is 0.481 e. The van der Waals surface area contributed by atoms with Crippen molar-refractivity contribution in [1.82, 2.24) is 5.32 Å². The Hall–Kier alpha value is -2.04. The molecule has 0 saturated carbocycles. The van der Waals surface area contributed by atoms with Gasteiger partial charge in [-0.05, 0) is 17.5 Å². The fourth-order valence-corrected chi connectivity index (χ4v) is 2.49. The molecule has 0 saturated heterocycles. The zero-order chi connectivity index (χ0) is 14.5. The molecule has 1 aromatic rings. The van der Waals surface area contributed by atoms with Crippen LogP contribution in [0.25, 0.3) is 0 Å². The molecule has 5 nitrogen and oxygen atoms in total. The Morgan fingerprint density at radius 2 is 2.20 bits per heavy atom. The number of benzene rings is 1. The number of amides is 1. The summed E-state index contributed by atoms with van der Waals surface area (Å²) in [5, 5.41) is 14.8. The third-order valence-corrected chi connectivity index (χ3v) is 3.54. The van der Waals surface area contributed by atoms with Crippen molar-refractivity contribution in [2.45, 2.75) is 25.7 Å². The highest BCUT2D eigenvalue weighted by molar-refractivity contribution is 5.78. The van der Waals surface area contributed by atoms with Crippen LogP contribution in [0.15, 0.2) is 24.3 Å². The fraction of sp³-hybridized carbons (Fsp3) is 0.467. The molecule has 1 aliphatic rings. The van der Waals surface area contributed by atoms with Gasteiger partial charge in [-0.15, -0.1) is 0 Å². The molecule has 0 fully saturated rings. The van der Waals surface area contributed by atoms with Crippen LogP contribution in [0.2, 0.25) is 0 Å². The van der Waals surface area contributed by atoms with Crippen LogP contribution in [0.1, 0.15) is 31.2 Å². The SMILES string of the molecule is CC(CNC(=O)CC1CNc2ccccc21)CC(=O)O. The van der Waals surface area contributed by atoms with Crippen molar-refractivity contribution in [1.29, 1.82) is 0 Å². The molecule has 108 valence electrons. The summed E-state index contributed by atoms with van der Waals surface area (Å²) >= 11 is 0. The molecule has 0 bridgehead atoms. The maximum Gasteiger partial charge on any atom is 0.303 e. The normalized spacial score (nSPS) is 17.9. The van der Waals surface area contributed by atoms with E-state index in [-0.39, 0.29) is 24.2 Å². The lowest BCUT2D eigenvalue weighted by Crippen LogP contribution is -2.30. The first-order valence-electron chi connectivity index (χ1n) is 6.87. The van der Waals surface area contributed by atoms with E-state index >= 15 is 0 Å². The Labute approximate surface area is 118 Å². The van der Waals surface area contributed by atoms with Gasteiger partial charge in [0.1, 0.15) is 0 Å². The summed E-state index contributed by atoms with van der Waals surface area (Å²) in [4.78, 5) is 22.5. The van der Waals surface area contributed by atoms with Crippen molar-refractivity contribution in [3.63, 3.8) is 0 Å². The lowest BCUT2D eigenvalue weighted by atomic mass is 9.97. The van der Waals surface area contributed by atoms with Crippen LogP contribution in [-0.4, -0.2) is 30.1 Å². The highest BCUT2D eigenvalue weighted by Gasteiger charge is 2.24. The van der Waals surface area contributed by atoms with Crippen LogP contribution in [0.4, 0.5) is 5.69 Å². The van der Waals surface area contributed by atoms with Crippen molar-refractivity contribution in [3.05, 3.63) is 29.8 Å². The third-order valence-electron chi connectivity index (χ3n) is 3.54. The number of hydrogen-bond donors (Lipinski definition) is 3. The molecule has 20 heavy (non-hydrogen) atoms. The van der Waals surface area contributed by atoms with Gasteiger partial charge in [0.2, 0.25) is 5.91 Å². The van der Waals surface area contributed by atoms with Crippen LogP contribution in [0, 0.1) is 5.92 Å². The smallest absolute Gasteiger partial charge is 0.303 e. The average molecular weight is 276 g/mol. The first-order chi connectivity index (χ1) is 9.56. The minimum atomic E-state index is -0.833. The third kappa shape index (κ3) is 3.73. The first-order valence-corrected chi connectivity index (χ1v) is 6.87. The minimum Gasteiger partial charge on any atom is -0.481 e. The molecule has 2 atom stereocenters. The van der Waals surface area contributed by atoms with E-state index in [1.54, 1.807) is 0 Å². The predicted octanol–water partition coefficient (Wildman–Crippen LogP) is 1.81. The molecular formula is C15H20N2O3. The van der Waals surface area contributed by atoms with Crippen molar-refractivity contribution in [2.24, 2.45) is 5.92 Å². The summed E-state index contributed by atoms with van der Waals surface area (Å²) in [7, 11) is 0. The number of para-hydroxylation sites is 1. The Kier molecular flexibility index (Phi) is 4.61. The monoisotopic (exact) mass is 276 g/mol.